The monoisotopic (exact) mass is 538 g/mol. The molecule has 0 spiro atoms. The van der Waals surface area contributed by atoms with Gasteiger partial charge in [0.1, 0.15) is 22.7 Å². The molecule has 0 bridgehead atoms. The van der Waals surface area contributed by atoms with E-state index in [-0.39, 0.29) is 31.2 Å². The zero-order valence-corrected chi connectivity index (χ0v) is 22.2. The summed E-state index contributed by atoms with van der Waals surface area (Å²) in [7, 11) is 1.66. The number of primary amides is 1. The molecule has 4 amide bonds. The summed E-state index contributed by atoms with van der Waals surface area (Å²) < 4.78 is 5.28. The molecule has 12 nitrogen and oxygen atoms in total. The minimum atomic E-state index is -0.971. The highest BCUT2D eigenvalue weighted by molar-refractivity contribution is 7.08. The normalized spacial score (nSPS) is 18.0. The van der Waals surface area contributed by atoms with Gasteiger partial charge in [0.05, 0.1) is 11.4 Å². The molecule has 1 aromatic carbocycles. The largest absolute Gasteiger partial charge is 0.368 e. The highest BCUT2D eigenvalue weighted by Gasteiger charge is 2.39. The van der Waals surface area contributed by atoms with Gasteiger partial charge in [-0.25, -0.2) is 0 Å². The van der Waals surface area contributed by atoms with E-state index in [1.54, 1.807) is 27.0 Å². The maximum atomic E-state index is 13.6. The lowest BCUT2D eigenvalue weighted by atomic mass is 9.95. The molecule has 3 atom stereocenters. The second kappa shape index (κ2) is 11.5. The van der Waals surface area contributed by atoms with Crippen molar-refractivity contribution in [3.8, 4) is 0 Å². The Bertz CT molecular complexity index is 1340. The van der Waals surface area contributed by atoms with Gasteiger partial charge in [-0.1, -0.05) is 34.8 Å². The number of benzene rings is 1. The number of carbonyl (C=O) groups is 4. The number of aryl methyl sites for hydroxylation is 3. The second-order valence-electron chi connectivity index (χ2n) is 9.34. The van der Waals surface area contributed by atoms with Crippen molar-refractivity contribution in [3.05, 3.63) is 63.9 Å². The minimum absolute atomic E-state index is 0.155. The molecule has 4 rings (SSSR count). The van der Waals surface area contributed by atoms with Crippen LogP contribution in [0.25, 0.3) is 0 Å². The molecule has 0 saturated carbocycles. The van der Waals surface area contributed by atoms with Gasteiger partial charge in [0.25, 0.3) is 11.8 Å². The highest BCUT2D eigenvalue weighted by atomic mass is 32.1. The Morgan fingerprint density at radius 3 is 2.53 bits per heavy atom. The molecule has 0 aliphatic carbocycles. The first-order valence-electron chi connectivity index (χ1n) is 12.2. The number of rotatable bonds is 8. The van der Waals surface area contributed by atoms with Crippen LogP contribution in [0, 0.1) is 13.8 Å². The first-order valence-corrected chi connectivity index (χ1v) is 13.0. The van der Waals surface area contributed by atoms with Crippen LogP contribution < -0.4 is 16.4 Å². The molecule has 1 aliphatic heterocycles. The van der Waals surface area contributed by atoms with Crippen molar-refractivity contribution < 1.29 is 19.2 Å². The number of nitrogens with zero attached hydrogens (tertiary/aromatic N) is 5. The average Bonchev–Trinajstić information content (AvgIpc) is 3.47. The summed E-state index contributed by atoms with van der Waals surface area (Å²) in [6.07, 6.45) is 0.802. The van der Waals surface area contributed by atoms with Crippen LogP contribution in [0.1, 0.15) is 50.0 Å². The first kappa shape index (κ1) is 26.9. The zero-order valence-electron chi connectivity index (χ0n) is 21.4. The van der Waals surface area contributed by atoms with Gasteiger partial charge in [0.15, 0.2) is 0 Å². The smallest absolute Gasteiger partial charge is 0.272 e. The molecule has 0 unspecified atom stereocenters. The van der Waals surface area contributed by atoms with Crippen molar-refractivity contribution in [3.63, 3.8) is 0 Å². The van der Waals surface area contributed by atoms with Crippen molar-refractivity contribution in [2.24, 2.45) is 12.8 Å². The van der Waals surface area contributed by atoms with Crippen molar-refractivity contribution >= 4 is 35.2 Å². The molecule has 4 N–H and O–H groups in total. The fourth-order valence-electron chi connectivity index (χ4n) is 4.58. The number of piperidine rings is 1. The van der Waals surface area contributed by atoms with Crippen LogP contribution in [-0.4, -0.2) is 72.6 Å². The van der Waals surface area contributed by atoms with Crippen LogP contribution in [0.15, 0.2) is 36.4 Å². The molecular weight excluding hydrogens is 508 g/mol. The van der Waals surface area contributed by atoms with Gasteiger partial charge in [-0.2, -0.15) is 5.10 Å². The van der Waals surface area contributed by atoms with E-state index in [1.807, 2.05) is 30.3 Å². The Kier molecular flexibility index (Phi) is 8.15. The summed E-state index contributed by atoms with van der Waals surface area (Å²) in [6.45, 7) is 3.69. The second-order valence-corrected chi connectivity index (χ2v) is 10.1. The first-order chi connectivity index (χ1) is 18.1. The average molecular weight is 539 g/mol. The summed E-state index contributed by atoms with van der Waals surface area (Å²) in [6, 6.07) is 8.55. The maximum absolute atomic E-state index is 13.6. The molecule has 200 valence electrons. The topological polar surface area (TPSA) is 165 Å². The van der Waals surface area contributed by atoms with E-state index >= 15 is 0 Å². The fourth-order valence-corrected chi connectivity index (χ4v) is 5.14. The number of nitrogens with one attached hydrogen (secondary N) is 2. The van der Waals surface area contributed by atoms with Crippen molar-refractivity contribution in [1.29, 1.82) is 0 Å². The van der Waals surface area contributed by atoms with Crippen molar-refractivity contribution in [2.75, 3.05) is 6.54 Å². The van der Waals surface area contributed by atoms with E-state index in [1.165, 1.54) is 9.58 Å². The third-order valence-electron chi connectivity index (χ3n) is 6.52. The molecule has 3 aromatic rings. The third kappa shape index (κ3) is 6.05. The number of amides is 4. The summed E-state index contributed by atoms with van der Waals surface area (Å²) in [5, 5.41) is 13.8. The number of aromatic nitrogens is 4. The minimum Gasteiger partial charge on any atom is -0.368 e. The Labute approximate surface area is 223 Å². The van der Waals surface area contributed by atoms with Crippen LogP contribution in [0.2, 0.25) is 0 Å². The van der Waals surface area contributed by atoms with Gasteiger partial charge in [-0.3, -0.25) is 23.9 Å². The molecule has 1 aliphatic rings. The van der Waals surface area contributed by atoms with Crippen LogP contribution in [-0.2, 0) is 23.1 Å². The molecule has 1 fully saturated rings. The molecule has 38 heavy (non-hydrogen) atoms. The Balaban J connectivity index is 1.56. The van der Waals surface area contributed by atoms with E-state index < -0.39 is 29.9 Å². The summed E-state index contributed by atoms with van der Waals surface area (Å²) in [5.74, 6) is -1.90. The molecule has 3 heterocycles. The summed E-state index contributed by atoms with van der Waals surface area (Å²) >= 11 is 0.994. The summed E-state index contributed by atoms with van der Waals surface area (Å²) in [4.78, 5) is 54.0. The highest BCUT2D eigenvalue weighted by Crippen LogP contribution is 2.22. The summed E-state index contributed by atoms with van der Waals surface area (Å²) in [5.41, 5.74) is 7.98. The van der Waals surface area contributed by atoms with Gasteiger partial charge in [-0.15, -0.1) is 5.10 Å². The number of likely N-dealkylation sites (tertiary alicyclic amines) is 1. The molecule has 0 radical (unpaired) electrons. The number of hydrogen-bond donors (Lipinski definition) is 3. The zero-order chi connectivity index (χ0) is 27.4. The van der Waals surface area contributed by atoms with E-state index in [0.717, 1.165) is 17.1 Å². The lowest BCUT2D eigenvalue weighted by Crippen LogP contribution is -2.60. The van der Waals surface area contributed by atoms with E-state index in [2.05, 4.69) is 25.3 Å². The quantitative estimate of drug-likeness (QED) is 0.376. The van der Waals surface area contributed by atoms with Crippen LogP contribution in [0.3, 0.4) is 0 Å². The SMILES string of the molecule is Cc1cc(C(=O)N2CC[C@H](NC(=O)c3snnc3C)C[C@H]2C(=O)N[C@H](Cc2ccccc2)C(N)=O)n(C)n1. The van der Waals surface area contributed by atoms with E-state index in [9.17, 15) is 19.2 Å². The van der Waals surface area contributed by atoms with Gasteiger partial charge in [0, 0.05) is 26.1 Å². The predicted octanol–water partition coefficient (Wildman–Crippen LogP) is 0.504. The van der Waals surface area contributed by atoms with Gasteiger partial charge in [0.2, 0.25) is 11.8 Å². The molecule has 1 saturated heterocycles. The van der Waals surface area contributed by atoms with E-state index in [0.29, 0.717) is 28.4 Å². The fraction of sp³-hybridized carbons (Fsp3) is 0.400. The van der Waals surface area contributed by atoms with Crippen molar-refractivity contribution in [2.45, 2.75) is 51.2 Å². The van der Waals surface area contributed by atoms with Crippen LogP contribution >= 0.6 is 11.5 Å². The van der Waals surface area contributed by atoms with Crippen LogP contribution in [0.5, 0.6) is 0 Å². The van der Waals surface area contributed by atoms with Gasteiger partial charge < -0.3 is 21.3 Å². The third-order valence-corrected chi connectivity index (χ3v) is 7.35. The Morgan fingerprint density at radius 2 is 1.92 bits per heavy atom. The van der Waals surface area contributed by atoms with Crippen LogP contribution in [0.4, 0.5) is 0 Å². The predicted molar refractivity (Wildman–Crippen MR) is 139 cm³/mol. The molecule has 2 aromatic heterocycles. The van der Waals surface area contributed by atoms with Gasteiger partial charge >= 0.3 is 0 Å². The van der Waals surface area contributed by atoms with Crippen molar-refractivity contribution in [1.82, 2.24) is 34.9 Å². The Hall–Kier alpha value is -4.13. The lowest BCUT2D eigenvalue weighted by molar-refractivity contribution is -0.131. The maximum Gasteiger partial charge on any atom is 0.272 e. The standard InChI is InChI=1S/C25H30N8O4S/c1-14-11-20(32(3)30-14)25(37)33-10-9-17(27-24(36)21-15(2)29-31-38-21)13-19(33)23(35)28-18(22(26)34)12-16-7-5-4-6-8-16/h4-8,11,17-19H,9-10,12-13H2,1-3H3,(H2,26,34)(H,27,36)(H,28,35)/t17-,18+,19-/m0/s1. The van der Waals surface area contributed by atoms with Gasteiger partial charge in [-0.05, 0) is 49.9 Å². The number of hydrogen-bond acceptors (Lipinski definition) is 8. The number of nitrogens with two attached hydrogens (primary N) is 1. The number of carbonyl (C=O) groups excluding carboxylic acids is 4. The van der Waals surface area contributed by atoms with E-state index in [4.69, 9.17) is 5.73 Å². The molecular formula is C25H30N8O4S. The lowest BCUT2D eigenvalue weighted by Gasteiger charge is -2.39. The molecule has 13 heteroatoms. The Morgan fingerprint density at radius 1 is 1.18 bits per heavy atom.